The molecule has 0 aromatic heterocycles. The molecule has 1 aliphatic rings. The highest BCUT2D eigenvalue weighted by Crippen LogP contribution is 2.35. The van der Waals surface area contributed by atoms with Gasteiger partial charge < -0.3 is 10.0 Å². The fourth-order valence-electron chi connectivity index (χ4n) is 2.16. The van der Waals surface area contributed by atoms with Crippen LogP contribution < -0.4 is 4.90 Å². The van der Waals surface area contributed by atoms with Gasteiger partial charge in [0.25, 0.3) is 0 Å². The Hall–Kier alpha value is -1.72. The van der Waals surface area contributed by atoms with Gasteiger partial charge in [-0.3, -0.25) is 0 Å². The zero-order valence-corrected chi connectivity index (χ0v) is 10.4. The zero-order valence-electron chi connectivity index (χ0n) is 10.4. The SMILES string of the molecule is CN(c1ccc(C(F)(F)F)cc1C(=O)O)C1CCC1. The predicted molar refractivity (Wildman–Crippen MR) is 64.4 cm³/mol. The Morgan fingerprint density at radius 1 is 1.37 bits per heavy atom. The minimum Gasteiger partial charge on any atom is -0.478 e. The van der Waals surface area contributed by atoms with Crippen LogP contribution >= 0.6 is 0 Å². The van der Waals surface area contributed by atoms with Crippen molar-refractivity contribution in [2.75, 3.05) is 11.9 Å². The van der Waals surface area contributed by atoms with Crippen LogP contribution in [0.4, 0.5) is 18.9 Å². The van der Waals surface area contributed by atoms with Gasteiger partial charge in [-0.2, -0.15) is 13.2 Å². The number of benzene rings is 1. The van der Waals surface area contributed by atoms with Crippen molar-refractivity contribution in [3.8, 4) is 0 Å². The number of halogens is 3. The van der Waals surface area contributed by atoms with Gasteiger partial charge in [-0.15, -0.1) is 0 Å². The van der Waals surface area contributed by atoms with E-state index in [1.165, 1.54) is 6.07 Å². The van der Waals surface area contributed by atoms with Gasteiger partial charge in [-0.25, -0.2) is 4.79 Å². The molecule has 104 valence electrons. The molecule has 3 nitrogen and oxygen atoms in total. The van der Waals surface area contributed by atoms with Gasteiger partial charge in [-0.1, -0.05) is 0 Å². The van der Waals surface area contributed by atoms with Crippen LogP contribution in [-0.2, 0) is 6.18 Å². The first-order valence-electron chi connectivity index (χ1n) is 5.98. The zero-order chi connectivity index (χ0) is 14.2. The van der Waals surface area contributed by atoms with E-state index in [9.17, 15) is 18.0 Å². The monoisotopic (exact) mass is 273 g/mol. The highest BCUT2D eigenvalue weighted by Gasteiger charge is 2.33. The van der Waals surface area contributed by atoms with Gasteiger partial charge in [0, 0.05) is 13.1 Å². The third-order valence-electron chi connectivity index (χ3n) is 3.56. The number of hydrogen-bond acceptors (Lipinski definition) is 2. The van der Waals surface area contributed by atoms with Crippen LogP contribution in [0.2, 0.25) is 0 Å². The average Bonchev–Trinajstić information content (AvgIpc) is 2.24. The van der Waals surface area contributed by atoms with Crippen molar-refractivity contribution >= 4 is 11.7 Å². The van der Waals surface area contributed by atoms with Crippen molar-refractivity contribution in [3.63, 3.8) is 0 Å². The Morgan fingerprint density at radius 2 is 2.00 bits per heavy atom. The molecule has 19 heavy (non-hydrogen) atoms. The van der Waals surface area contributed by atoms with Crippen molar-refractivity contribution in [1.29, 1.82) is 0 Å². The lowest BCUT2D eigenvalue weighted by Gasteiger charge is -2.37. The molecule has 0 radical (unpaired) electrons. The molecule has 0 heterocycles. The van der Waals surface area contributed by atoms with E-state index in [2.05, 4.69) is 0 Å². The Bertz CT molecular complexity index is 495. The van der Waals surface area contributed by atoms with Crippen LogP contribution in [0.3, 0.4) is 0 Å². The van der Waals surface area contributed by atoms with Gasteiger partial charge in [0.15, 0.2) is 0 Å². The lowest BCUT2D eigenvalue weighted by atomic mass is 9.91. The summed E-state index contributed by atoms with van der Waals surface area (Å²) in [5.41, 5.74) is -0.898. The summed E-state index contributed by atoms with van der Waals surface area (Å²) in [6, 6.07) is 3.09. The molecule has 0 aliphatic heterocycles. The molecule has 1 aromatic rings. The number of carboxylic acids is 1. The topological polar surface area (TPSA) is 40.5 Å². The Labute approximate surface area is 108 Å². The molecule has 1 aromatic carbocycles. The number of alkyl halides is 3. The normalized spacial score (nSPS) is 16.0. The van der Waals surface area contributed by atoms with E-state index in [0.29, 0.717) is 11.8 Å². The quantitative estimate of drug-likeness (QED) is 0.917. The fourth-order valence-corrected chi connectivity index (χ4v) is 2.16. The van der Waals surface area contributed by atoms with Gasteiger partial charge in [0.1, 0.15) is 0 Å². The van der Waals surface area contributed by atoms with Gasteiger partial charge >= 0.3 is 12.1 Å². The van der Waals surface area contributed by atoms with Crippen molar-refractivity contribution < 1.29 is 23.1 Å². The first-order chi connectivity index (χ1) is 8.80. The maximum atomic E-state index is 12.6. The molecule has 0 amide bonds. The standard InChI is InChI=1S/C13H14F3NO2/c1-17(9-3-2-4-9)11-6-5-8(13(14,15)16)7-10(11)12(18)19/h5-7,9H,2-4H2,1H3,(H,18,19). The number of nitrogens with zero attached hydrogens (tertiary/aromatic N) is 1. The van der Waals surface area contributed by atoms with Gasteiger partial charge in [0.2, 0.25) is 0 Å². The highest BCUT2D eigenvalue weighted by atomic mass is 19.4. The fraction of sp³-hybridized carbons (Fsp3) is 0.462. The van der Waals surface area contributed by atoms with Crippen LogP contribution in [0.15, 0.2) is 18.2 Å². The second kappa shape index (κ2) is 4.75. The average molecular weight is 273 g/mol. The Kier molecular flexibility index (Phi) is 3.43. The molecule has 0 atom stereocenters. The number of carbonyl (C=O) groups is 1. The van der Waals surface area contributed by atoms with Crippen molar-refractivity contribution in [1.82, 2.24) is 0 Å². The number of anilines is 1. The second-order valence-corrected chi connectivity index (χ2v) is 4.73. The van der Waals surface area contributed by atoms with Crippen molar-refractivity contribution in [2.45, 2.75) is 31.5 Å². The third-order valence-corrected chi connectivity index (χ3v) is 3.56. The summed E-state index contributed by atoms with van der Waals surface area (Å²) in [7, 11) is 1.72. The van der Waals surface area contributed by atoms with Crippen LogP contribution in [-0.4, -0.2) is 24.2 Å². The summed E-state index contributed by atoms with van der Waals surface area (Å²) in [4.78, 5) is 12.9. The predicted octanol–water partition coefficient (Wildman–Crippen LogP) is 3.39. The van der Waals surface area contributed by atoms with Crippen molar-refractivity contribution in [3.05, 3.63) is 29.3 Å². The number of hydrogen-bond donors (Lipinski definition) is 1. The maximum absolute atomic E-state index is 12.6. The van der Waals surface area contributed by atoms with Crippen LogP contribution in [0.5, 0.6) is 0 Å². The van der Waals surface area contributed by atoms with E-state index in [1.807, 2.05) is 0 Å². The molecule has 6 heteroatoms. The molecular formula is C13H14F3NO2. The number of aromatic carboxylic acids is 1. The number of carboxylic acid groups (broad SMARTS) is 1. The van der Waals surface area contributed by atoms with E-state index in [0.717, 1.165) is 25.3 Å². The minimum absolute atomic E-state index is 0.217. The summed E-state index contributed by atoms with van der Waals surface area (Å²) in [5, 5.41) is 9.08. The molecule has 1 aliphatic carbocycles. The molecule has 2 rings (SSSR count). The molecule has 0 bridgehead atoms. The smallest absolute Gasteiger partial charge is 0.416 e. The molecule has 1 N–H and O–H groups in total. The van der Waals surface area contributed by atoms with E-state index < -0.39 is 17.7 Å². The van der Waals surface area contributed by atoms with Crippen LogP contribution in [0, 0.1) is 0 Å². The molecule has 0 saturated heterocycles. The first-order valence-corrected chi connectivity index (χ1v) is 5.98. The number of rotatable bonds is 3. The highest BCUT2D eigenvalue weighted by molar-refractivity contribution is 5.94. The molecule has 1 fully saturated rings. The Balaban J connectivity index is 2.40. The summed E-state index contributed by atoms with van der Waals surface area (Å²) in [5.74, 6) is -1.34. The van der Waals surface area contributed by atoms with E-state index >= 15 is 0 Å². The summed E-state index contributed by atoms with van der Waals surface area (Å²) in [6.45, 7) is 0. The summed E-state index contributed by atoms with van der Waals surface area (Å²) in [6.07, 6.45) is -1.58. The minimum atomic E-state index is -4.53. The van der Waals surface area contributed by atoms with Crippen LogP contribution in [0.25, 0.3) is 0 Å². The third kappa shape index (κ3) is 2.67. The van der Waals surface area contributed by atoms with Crippen LogP contribution in [0.1, 0.15) is 35.2 Å². The van der Waals surface area contributed by atoms with E-state index in [4.69, 9.17) is 5.11 Å². The first kappa shape index (κ1) is 13.7. The van der Waals surface area contributed by atoms with Gasteiger partial charge in [-0.05, 0) is 37.5 Å². The second-order valence-electron chi connectivity index (χ2n) is 4.73. The largest absolute Gasteiger partial charge is 0.478 e. The molecule has 1 saturated carbocycles. The van der Waals surface area contributed by atoms with E-state index in [-0.39, 0.29) is 11.6 Å². The molecule has 0 spiro atoms. The lowest BCUT2D eigenvalue weighted by Crippen LogP contribution is -2.38. The van der Waals surface area contributed by atoms with Crippen molar-refractivity contribution in [2.24, 2.45) is 0 Å². The summed E-state index contributed by atoms with van der Waals surface area (Å²) >= 11 is 0. The molecular weight excluding hydrogens is 259 g/mol. The Morgan fingerprint density at radius 3 is 2.42 bits per heavy atom. The van der Waals surface area contributed by atoms with E-state index in [1.54, 1.807) is 11.9 Å². The summed E-state index contributed by atoms with van der Waals surface area (Å²) < 4.78 is 37.8. The lowest BCUT2D eigenvalue weighted by molar-refractivity contribution is -0.137. The maximum Gasteiger partial charge on any atom is 0.416 e. The van der Waals surface area contributed by atoms with Gasteiger partial charge in [0.05, 0.1) is 16.8 Å². The molecule has 0 unspecified atom stereocenters.